The molecule has 0 radical (unpaired) electrons. The van der Waals surface area contributed by atoms with Crippen molar-refractivity contribution in [3.8, 4) is 0 Å². The van der Waals surface area contributed by atoms with Crippen molar-refractivity contribution in [2.75, 3.05) is 20.1 Å². The van der Waals surface area contributed by atoms with Crippen molar-refractivity contribution < 1.29 is 32.3 Å². The number of amides is 3. The third kappa shape index (κ3) is 5.88. The van der Waals surface area contributed by atoms with Crippen molar-refractivity contribution in [3.63, 3.8) is 0 Å². The van der Waals surface area contributed by atoms with E-state index < -0.39 is 38.7 Å². The minimum Gasteiger partial charge on any atom is -0.446 e. The number of nitrogens with one attached hydrogen (secondary N) is 2. The molecular weight excluding hydrogens is 584 g/mol. The summed E-state index contributed by atoms with van der Waals surface area (Å²) in [6, 6.07) is 8.10. The summed E-state index contributed by atoms with van der Waals surface area (Å²) in [5.74, 6) is -2.01. The highest BCUT2D eigenvalue weighted by Gasteiger charge is 2.63. The Bertz CT molecular complexity index is 1460. The second kappa shape index (κ2) is 11.4. The first-order chi connectivity index (χ1) is 21.1. The van der Waals surface area contributed by atoms with Crippen LogP contribution in [0.25, 0.3) is 0 Å². The fourth-order valence-corrected chi connectivity index (χ4v) is 8.79. The second-order valence-corrected chi connectivity index (χ2v) is 15.5. The predicted octanol–water partition coefficient (Wildman–Crippen LogP) is 2.46. The van der Waals surface area contributed by atoms with Crippen LogP contribution in [0.1, 0.15) is 62.5 Å². The fourth-order valence-electron chi connectivity index (χ4n) is 7.42. The first-order valence-electron chi connectivity index (χ1n) is 16.1. The number of hydrogen-bond acceptors (Lipinski definition) is 8. The van der Waals surface area contributed by atoms with Crippen molar-refractivity contribution in [1.82, 2.24) is 19.8 Å². The first kappa shape index (κ1) is 29.7. The standard InChI is InChI=1S/C32H42N4O7S/c1-35-14-7-3-2-4-10-22-18-32(22,30(38)34-44(40,41)24-11-12-24)33-28(37)26-17-23(16-25(26)27-29(35)43-27)42-31(39)36-15-13-20-8-5-6-9-21(20)19-36/h4-6,8-10,22-27,29H,2-3,7,11-19H2,1H3,(H,33,37)(H,34,38)/b10-4-/t22-,23+,25-,26-,27?,29?,32-/m1/s1. The molecule has 3 saturated carbocycles. The number of carbonyl (C=O) groups excluding carboxylic acids is 3. The van der Waals surface area contributed by atoms with E-state index in [0.717, 1.165) is 37.8 Å². The Labute approximate surface area is 258 Å². The quantitative estimate of drug-likeness (QED) is 0.384. The van der Waals surface area contributed by atoms with Gasteiger partial charge in [0.1, 0.15) is 24.0 Å². The number of fused-ring (bicyclic) bond motifs is 5. The Balaban J connectivity index is 1.09. The SMILES string of the molecule is CN1CCCC/C=C\[C@@H]2C[C@@]2(C(=O)NS(=O)(=O)C2CC2)NC(=O)[C@@H]2C[C@@H](OC(=O)N3CCc4ccccc4C3)C[C@H]2C2OC21. The fraction of sp³-hybridized carbons (Fsp3) is 0.656. The third-order valence-electron chi connectivity index (χ3n) is 10.4. The molecule has 1 saturated heterocycles. The lowest BCUT2D eigenvalue weighted by Gasteiger charge is -2.29. The Hall–Kier alpha value is -2.96. The number of carbonyl (C=O) groups is 3. The summed E-state index contributed by atoms with van der Waals surface area (Å²) in [4.78, 5) is 44.7. The Morgan fingerprint density at radius 1 is 1.11 bits per heavy atom. The summed E-state index contributed by atoms with van der Waals surface area (Å²) in [6.07, 6.45) is 8.62. The summed E-state index contributed by atoms with van der Waals surface area (Å²) < 4.78 is 39.7. The van der Waals surface area contributed by atoms with E-state index in [4.69, 9.17) is 9.47 Å². The van der Waals surface area contributed by atoms with Crippen LogP contribution >= 0.6 is 0 Å². The van der Waals surface area contributed by atoms with Crippen molar-refractivity contribution in [2.45, 2.75) is 93.6 Å². The minimum atomic E-state index is -3.77. The molecule has 3 aliphatic heterocycles. The molecule has 11 nitrogen and oxygen atoms in total. The van der Waals surface area contributed by atoms with Gasteiger partial charge in [0.2, 0.25) is 15.9 Å². The molecule has 12 heteroatoms. The first-order valence-corrected chi connectivity index (χ1v) is 17.6. The average Bonchev–Trinajstić information content (AvgIpc) is 3.90. The average molecular weight is 627 g/mol. The minimum absolute atomic E-state index is 0.112. The van der Waals surface area contributed by atoms with Gasteiger partial charge in [-0.2, -0.15) is 0 Å². The van der Waals surface area contributed by atoms with Crippen LogP contribution in [0.2, 0.25) is 0 Å². The monoisotopic (exact) mass is 626 g/mol. The summed E-state index contributed by atoms with van der Waals surface area (Å²) >= 11 is 0. The molecule has 7 atom stereocenters. The molecule has 0 spiro atoms. The summed E-state index contributed by atoms with van der Waals surface area (Å²) in [6.45, 7) is 1.93. The van der Waals surface area contributed by atoms with Crippen molar-refractivity contribution >= 4 is 27.9 Å². The predicted molar refractivity (Wildman–Crippen MR) is 160 cm³/mol. The molecular formula is C32H42N4O7S. The van der Waals surface area contributed by atoms with Crippen LogP contribution in [0.15, 0.2) is 36.4 Å². The van der Waals surface area contributed by atoms with Crippen LogP contribution in [-0.4, -0.2) is 85.5 Å². The molecule has 6 aliphatic rings. The van der Waals surface area contributed by atoms with Gasteiger partial charge < -0.3 is 19.7 Å². The molecule has 3 heterocycles. The van der Waals surface area contributed by atoms with Gasteiger partial charge in [0.25, 0.3) is 5.91 Å². The number of allylic oxidation sites excluding steroid dienone is 1. The van der Waals surface area contributed by atoms with Crippen molar-refractivity contribution in [3.05, 3.63) is 47.5 Å². The molecule has 3 amide bonds. The topological polar surface area (TPSA) is 138 Å². The van der Waals surface area contributed by atoms with E-state index in [9.17, 15) is 22.8 Å². The van der Waals surface area contributed by atoms with E-state index in [1.165, 1.54) is 5.56 Å². The molecule has 44 heavy (non-hydrogen) atoms. The van der Waals surface area contributed by atoms with Gasteiger partial charge in [-0.05, 0) is 76.0 Å². The Morgan fingerprint density at radius 2 is 1.91 bits per heavy atom. The zero-order valence-electron chi connectivity index (χ0n) is 25.2. The van der Waals surface area contributed by atoms with Crippen LogP contribution in [0.4, 0.5) is 4.79 Å². The molecule has 238 valence electrons. The second-order valence-electron chi connectivity index (χ2n) is 13.5. The zero-order chi connectivity index (χ0) is 30.6. The highest BCUT2D eigenvalue weighted by atomic mass is 32.2. The summed E-state index contributed by atoms with van der Waals surface area (Å²) in [5.41, 5.74) is 1.05. The number of benzene rings is 1. The normalized spacial score (nSPS) is 36.2. The number of hydrogen-bond donors (Lipinski definition) is 2. The number of nitrogens with zero attached hydrogens (tertiary/aromatic N) is 2. The third-order valence-corrected chi connectivity index (χ3v) is 12.2. The highest BCUT2D eigenvalue weighted by molar-refractivity contribution is 7.91. The molecule has 2 N–H and O–H groups in total. The molecule has 0 bridgehead atoms. The zero-order valence-corrected chi connectivity index (χ0v) is 26.0. The maximum Gasteiger partial charge on any atom is 0.410 e. The molecule has 4 fully saturated rings. The van der Waals surface area contributed by atoms with Gasteiger partial charge in [0.15, 0.2) is 0 Å². The number of ether oxygens (including phenoxy) is 2. The maximum absolute atomic E-state index is 14.0. The molecule has 1 aromatic rings. The van der Waals surface area contributed by atoms with E-state index in [1.54, 1.807) is 4.90 Å². The molecule has 1 aromatic carbocycles. The number of sulfonamides is 1. The van der Waals surface area contributed by atoms with Gasteiger partial charge in [0.05, 0.1) is 5.25 Å². The Morgan fingerprint density at radius 3 is 2.70 bits per heavy atom. The van der Waals surface area contributed by atoms with Gasteiger partial charge in [-0.25, -0.2) is 13.2 Å². The van der Waals surface area contributed by atoms with Gasteiger partial charge in [-0.3, -0.25) is 19.2 Å². The van der Waals surface area contributed by atoms with Crippen LogP contribution in [0.5, 0.6) is 0 Å². The smallest absolute Gasteiger partial charge is 0.410 e. The van der Waals surface area contributed by atoms with Crippen molar-refractivity contribution in [1.29, 1.82) is 0 Å². The lowest BCUT2D eigenvalue weighted by Crippen LogP contribution is -2.54. The summed E-state index contributed by atoms with van der Waals surface area (Å²) in [5, 5.41) is 2.46. The Kier molecular flexibility index (Phi) is 7.73. The van der Waals surface area contributed by atoms with E-state index in [1.807, 2.05) is 37.4 Å². The van der Waals surface area contributed by atoms with Crippen LogP contribution < -0.4 is 10.0 Å². The van der Waals surface area contributed by atoms with E-state index in [-0.39, 0.29) is 36.2 Å². The largest absolute Gasteiger partial charge is 0.446 e. The van der Waals surface area contributed by atoms with Crippen molar-refractivity contribution in [2.24, 2.45) is 17.8 Å². The van der Waals surface area contributed by atoms with Gasteiger partial charge >= 0.3 is 6.09 Å². The molecule has 2 unspecified atom stereocenters. The van der Waals surface area contributed by atoms with Gasteiger partial charge in [-0.15, -0.1) is 0 Å². The van der Waals surface area contributed by atoms with Gasteiger partial charge in [0, 0.05) is 37.4 Å². The molecule has 0 aromatic heterocycles. The number of epoxide rings is 1. The van der Waals surface area contributed by atoms with E-state index >= 15 is 0 Å². The van der Waals surface area contributed by atoms with Crippen LogP contribution in [-0.2, 0) is 42.1 Å². The van der Waals surface area contributed by atoms with Crippen LogP contribution in [0, 0.1) is 17.8 Å². The number of likely N-dealkylation sites (N-methyl/N-ethyl adjacent to an activating group) is 1. The highest BCUT2D eigenvalue weighted by Crippen LogP contribution is 2.49. The lowest BCUT2D eigenvalue weighted by molar-refractivity contribution is -0.132. The van der Waals surface area contributed by atoms with E-state index in [0.29, 0.717) is 45.2 Å². The van der Waals surface area contributed by atoms with E-state index in [2.05, 4.69) is 21.0 Å². The number of rotatable bonds is 4. The van der Waals surface area contributed by atoms with Gasteiger partial charge in [-0.1, -0.05) is 36.4 Å². The van der Waals surface area contributed by atoms with Crippen LogP contribution in [0.3, 0.4) is 0 Å². The molecule has 7 rings (SSSR count). The lowest BCUT2D eigenvalue weighted by atomic mass is 9.91. The summed E-state index contributed by atoms with van der Waals surface area (Å²) in [7, 11) is -1.74. The maximum atomic E-state index is 14.0. The molecule has 3 aliphatic carbocycles.